The molecular formula is C76H146NO8P. The molecule has 9 nitrogen and oxygen atoms in total. The molecule has 0 saturated heterocycles. The summed E-state index contributed by atoms with van der Waals surface area (Å²) in [6.45, 7) is 4.30. The van der Waals surface area contributed by atoms with Crippen molar-refractivity contribution in [1.29, 1.82) is 0 Å². The summed E-state index contributed by atoms with van der Waals surface area (Å²) in [5.74, 6) is -0.810. The minimum Gasteiger partial charge on any atom is -0.756 e. The lowest BCUT2D eigenvalue weighted by Gasteiger charge is -2.28. The summed E-state index contributed by atoms with van der Waals surface area (Å²) in [6.07, 6.45) is 86.8. The van der Waals surface area contributed by atoms with Crippen LogP contribution in [-0.4, -0.2) is 70.0 Å². The molecule has 508 valence electrons. The van der Waals surface area contributed by atoms with Crippen LogP contribution >= 0.6 is 7.82 Å². The second-order valence-corrected chi connectivity index (χ2v) is 28.4. The van der Waals surface area contributed by atoms with E-state index in [0.717, 1.165) is 38.5 Å². The molecule has 0 fully saturated rings. The fourth-order valence-electron chi connectivity index (χ4n) is 11.3. The first-order valence-corrected chi connectivity index (χ1v) is 39.2. The van der Waals surface area contributed by atoms with Gasteiger partial charge >= 0.3 is 11.9 Å². The average Bonchev–Trinajstić information content (AvgIpc) is 3.67. The summed E-state index contributed by atoms with van der Waals surface area (Å²) in [6, 6.07) is 0. The second kappa shape index (κ2) is 67.6. The molecular weight excluding hydrogens is 1090 g/mol. The number of carbonyl (C=O) groups is 2. The number of esters is 2. The van der Waals surface area contributed by atoms with Crippen LogP contribution in [0.25, 0.3) is 0 Å². The fourth-order valence-corrected chi connectivity index (χ4v) is 12.1. The number of rotatable bonds is 71. The number of phosphoric ester groups is 1. The van der Waals surface area contributed by atoms with Gasteiger partial charge in [0.15, 0.2) is 6.10 Å². The Morgan fingerprint density at radius 3 is 0.930 bits per heavy atom. The number of hydrogen-bond donors (Lipinski definition) is 0. The lowest BCUT2D eigenvalue weighted by atomic mass is 10.0. The normalized spacial score (nSPS) is 13.2. The SMILES string of the molecule is CCCCCCC/C=C\C/C=C\CCCCCCCCCCCCCCCCCCCCCCCCCCCC(=O)OC(COC(=O)CCCCCCCCCCCCCCC/C=C\CCCCCCCCCC)COP(=O)([O-])OCC[N+](C)(C)C. The third-order valence-electron chi connectivity index (χ3n) is 17.1. The Balaban J connectivity index is 3.93. The number of hydrogen-bond acceptors (Lipinski definition) is 8. The molecule has 10 heteroatoms. The van der Waals surface area contributed by atoms with Crippen LogP contribution in [-0.2, 0) is 32.7 Å². The molecule has 2 atom stereocenters. The third kappa shape index (κ3) is 71.3. The van der Waals surface area contributed by atoms with Crippen molar-refractivity contribution in [3.8, 4) is 0 Å². The van der Waals surface area contributed by atoms with Crippen LogP contribution in [0.15, 0.2) is 36.5 Å². The predicted octanol–water partition coefficient (Wildman–Crippen LogP) is 24.0. The lowest BCUT2D eigenvalue weighted by molar-refractivity contribution is -0.870. The number of unbranched alkanes of at least 4 members (excludes halogenated alkanes) is 51. The monoisotopic (exact) mass is 1230 g/mol. The molecule has 0 amide bonds. The first kappa shape index (κ1) is 84.2. The highest BCUT2D eigenvalue weighted by Crippen LogP contribution is 2.38. The molecule has 0 aromatic rings. The Bertz CT molecular complexity index is 1540. The summed E-state index contributed by atoms with van der Waals surface area (Å²) in [4.78, 5) is 38.1. The summed E-state index contributed by atoms with van der Waals surface area (Å²) in [5, 5.41) is 0. The van der Waals surface area contributed by atoms with Crippen molar-refractivity contribution >= 4 is 19.8 Å². The quantitative estimate of drug-likeness (QED) is 0.0195. The summed E-state index contributed by atoms with van der Waals surface area (Å²) in [7, 11) is 1.19. The molecule has 2 unspecified atom stereocenters. The van der Waals surface area contributed by atoms with Gasteiger partial charge in [-0.2, -0.15) is 0 Å². The smallest absolute Gasteiger partial charge is 0.306 e. The van der Waals surface area contributed by atoms with Gasteiger partial charge in [0.25, 0.3) is 7.82 Å². The molecule has 0 aliphatic heterocycles. The molecule has 0 radical (unpaired) electrons. The van der Waals surface area contributed by atoms with Crippen molar-refractivity contribution in [2.75, 3.05) is 47.5 Å². The first-order valence-electron chi connectivity index (χ1n) is 37.7. The Kier molecular flexibility index (Phi) is 66.2. The molecule has 0 aliphatic carbocycles. The van der Waals surface area contributed by atoms with E-state index in [1.165, 1.54) is 315 Å². The highest BCUT2D eigenvalue weighted by Gasteiger charge is 2.22. The number of ether oxygens (including phenoxy) is 2. The van der Waals surface area contributed by atoms with Crippen LogP contribution in [0.4, 0.5) is 0 Å². The Labute approximate surface area is 535 Å². The van der Waals surface area contributed by atoms with E-state index in [2.05, 4.69) is 50.3 Å². The largest absolute Gasteiger partial charge is 0.756 e. The van der Waals surface area contributed by atoms with Gasteiger partial charge in [-0.25, -0.2) is 0 Å². The van der Waals surface area contributed by atoms with Gasteiger partial charge in [0.1, 0.15) is 19.8 Å². The highest BCUT2D eigenvalue weighted by atomic mass is 31.2. The van der Waals surface area contributed by atoms with Crippen LogP contribution < -0.4 is 4.89 Å². The molecule has 86 heavy (non-hydrogen) atoms. The van der Waals surface area contributed by atoms with Crippen molar-refractivity contribution in [2.45, 2.75) is 392 Å². The number of phosphoric acid groups is 1. The Morgan fingerprint density at radius 1 is 0.360 bits per heavy atom. The second-order valence-electron chi connectivity index (χ2n) is 27.0. The Hall–Kier alpha value is -1.77. The molecule has 0 saturated carbocycles. The van der Waals surface area contributed by atoms with Crippen LogP contribution in [0, 0.1) is 0 Å². The zero-order valence-electron chi connectivity index (χ0n) is 58.0. The van der Waals surface area contributed by atoms with E-state index in [0.29, 0.717) is 17.4 Å². The van der Waals surface area contributed by atoms with Gasteiger partial charge in [0, 0.05) is 12.8 Å². The molecule has 0 aromatic heterocycles. The van der Waals surface area contributed by atoms with Gasteiger partial charge in [-0.1, -0.05) is 339 Å². The van der Waals surface area contributed by atoms with E-state index < -0.39 is 26.5 Å². The molecule has 0 rings (SSSR count). The zero-order chi connectivity index (χ0) is 62.6. The lowest BCUT2D eigenvalue weighted by Crippen LogP contribution is -2.37. The van der Waals surface area contributed by atoms with Crippen LogP contribution in [0.2, 0.25) is 0 Å². The Morgan fingerprint density at radius 2 is 0.628 bits per heavy atom. The number of nitrogens with zero attached hydrogens (tertiary/aromatic N) is 1. The maximum absolute atomic E-state index is 12.9. The minimum atomic E-state index is -4.64. The molecule has 0 aromatic carbocycles. The molecule has 0 bridgehead atoms. The maximum atomic E-state index is 12.9. The molecule has 0 N–H and O–H groups in total. The topological polar surface area (TPSA) is 111 Å². The number of carbonyl (C=O) groups excluding carboxylic acids is 2. The van der Waals surface area contributed by atoms with Crippen molar-refractivity contribution < 1.29 is 42.1 Å². The van der Waals surface area contributed by atoms with E-state index in [1.807, 2.05) is 21.1 Å². The van der Waals surface area contributed by atoms with Gasteiger partial charge in [-0.15, -0.1) is 0 Å². The van der Waals surface area contributed by atoms with Crippen LogP contribution in [0.1, 0.15) is 386 Å². The predicted molar refractivity (Wildman–Crippen MR) is 370 cm³/mol. The summed E-state index contributed by atoms with van der Waals surface area (Å²) >= 11 is 0. The van der Waals surface area contributed by atoms with E-state index in [4.69, 9.17) is 18.5 Å². The standard InChI is InChI=1S/C76H146NO8P/c1-6-8-10-12-14-16-18-20-22-24-26-28-30-32-33-34-35-36-37-38-39-40-41-42-43-45-47-49-51-53-55-57-59-61-63-65-67-69-76(79)85-74(73-84-86(80,81)83-71-70-77(3,4)5)72-82-75(78)68-66-64-62-60-58-56-54-52-50-48-46-44-31-29-27-25-23-21-19-17-15-13-11-9-7-2/h18,20,24-27,74H,6-17,19,21-23,28-73H2,1-5H3/b20-18-,26-24-,27-25-. The molecule has 0 aliphatic rings. The van der Waals surface area contributed by atoms with Crippen molar-refractivity contribution in [2.24, 2.45) is 0 Å². The summed E-state index contributed by atoms with van der Waals surface area (Å²) < 4.78 is 34.4. The van der Waals surface area contributed by atoms with Gasteiger partial charge in [0.05, 0.1) is 27.7 Å². The van der Waals surface area contributed by atoms with Crippen molar-refractivity contribution in [1.82, 2.24) is 0 Å². The number of quaternary nitrogens is 1. The van der Waals surface area contributed by atoms with Crippen LogP contribution in [0.3, 0.4) is 0 Å². The fraction of sp³-hybridized carbons (Fsp3) is 0.895. The van der Waals surface area contributed by atoms with Gasteiger partial charge in [-0.05, 0) is 70.6 Å². The van der Waals surface area contributed by atoms with E-state index in [9.17, 15) is 19.0 Å². The zero-order valence-corrected chi connectivity index (χ0v) is 58.9. The maximum Gasteiger partial charge on any atom is 0.306 e. The average molecular weight is 1230 g/mol. The number of allylic oxidation sites excluding steroid dienone is 6. The van der Waals surface area contributed by atoms with Gasteiger partial charge < -0.3 is 27.9 Å². The van der Waals surface area contributed by atoms with E-state index in [-0.39, 0.29) is 32.0 Å². The van der Waals surface area contributed by atoms with E-state index >= 15 is 0 Å². The van der Waals surface area contributed by atoms with Crippen LogP contribution in [0.5, 0.6) is 0 Å². The van der Waals surface area contributed by atoms with Gasteiger partial charge in [0.2, 0.25) is 0 Å². The van der Waals surface area contributed by atoms with Gasteiger partial charge in [-0.3, -0.25) is 14.2 Å². The highest BCUT2D eigenvalue weighted by molar-refractivity contribution is 7.45. The third-order valence-corrected chi connectivity index (χ3v) is 18.1. The van der Waals surface area contributed by atoms with Crippen molar-refractivity contribution in [3.63, 3.8) is 0 Å². The molecule has 0 heterocycles. The number of likely N-dealkylation sites (N-methyl/N-ethyl adjacent to an activating group) is 1. The first-order chi connectivity index (χ1) is 42.0. The molecule has 0 spiro atoms. The summed E-state index contributed by atoms with van der Waals surface area (Å²) in [5.41, 5.74) is 0. The van der Waals surface area contributed by atoms with Crippen molar-refractivity contribution in [3.05, 3.63) is 36.5 Å². The minimum absolute atomic E-state index is 0.0276. The van der Waals surface area contributed by atoms with E-state index in [1.54, 1.807) is 0 Å².